The molecule has 0 aliphatic heterocycles. The minimum atomic E-state index is 0.227. The molecule has 0 saturated heterocycles. The van der Waals surface area contributed by atoms with E-state index >= 15 is 0 Å². The Labute approximate surface area is 151 Å². The van der Waals surface area contributed by atoms with E-state index < -0.39 is 0 Å². The number of para-hydroxylation sites is 1. The van der Waals surface area contributed by atoms with Gasteiger partial charge >= 0.3 is 0 Å². The summed E-state index contributed by atoms with van der Waals surface area (Å²) in [7, 11) is 3.60. The highest BCUT2D eigenvalue weighted by molar-refractivity contribution is 5.90. The largest absolute Gasteiger partial charge is 0.507 e. The van der Waals surface area contributed by atoms with Crippen LogP contribution >= 0.6 is 0 Å². The molecule has 26 heavy (non-hydrogen) atoms. The number of methoxy groups -OCH3 is 1. The second-order valence-electron chi connectivity index (χ2n) is 6.13. The number of hydrogen-bond acceptors (Lipinski definition) is 4. The van der Waals surface area contributed by atoms with Crippen molar-refractivity contribution in [3.63, 3.8) is 0 Å². The zero-order chi connectivity index (χ0) is 18.1. The van der Waals surface area contributed by atoms with E-state index in [0.29, 0.717) is 12.3 Å². The first kappa shape index (κ1) is 16.3. The van der Waals surface area contributed by atoms with Gasteiger partial charge in [-0.2, -0.15) is 0 Å². The smallest absolute Gasteiger partial charge is 0.178 e. The fourth-order valence-electron chi connectivity index (χ4n) is 3.14. The first-order chi connectivity index (χ1) is 12.7. The van der Waals surface area contributed by atoms with Gasteiger partial charge in [0.25, 0.3) is 0 Å². The number of phenols is 1. The molecule has 0 bridgehead atoms. The Morgan fingerprint density at radius 1 is 0.962 bits per heavy atom. The predicted molar refractivity (Wildman–Crippen MR) is 102 cm³/mol. The molecule has 0 spiro atoms. The molecule has 0 atom stereocenters. The fraction of sp³-hybridized carbons (Fsp3) is 0.143. The molecule has 0 aliphatic rings. The predicted octanol–water partition coefficient (Wildman–Crippen LogP) is 4.15. The van der Waals surface area contributed by atoms with Gasteiger partial charge < -0.3 is 14.4 Å². The van der Waals surface area contributed by atoms with Crippen LogP contribution < -0.4 is 0 Å². The highest BCUT2D eigenvalue weighted by atomic mass is 16.5. The molecule has 0 radical (unpaired) electrons. The van der Waals surface area contributed by atoms with E-state index in [-0.39, 0.29) is 5.75 Å². The molecular weight excluding hydrogens is 326 g/mol. The molecule has 4 rings (SSSR count). The van der Waals surface area contributed by atoms with Gasteiger partial charge in [-0.3, -0.25) is 0 Å². The van der Waals surface area contributed by atoms with Gasteiger partial charge in [-0.05, 0) is 12.1 Å². The third kappa shape index (κ3) is 2.72. The van der Waals surface area contributed by atoms with Crippen molar-refractivity contribution in [2.75, 3.05) is 7.11 Å². The number of nitrogens with zero attached hydrogens (tertiary/aromatic N) is 3. The SMILES string of the molecule is COCc1nc2nc(-c3ccccc3)c(-c3ccccc3O)cc2n1C. The summed E-state index contributed by atoms with van der Waals surface area (Å²) in [5.41, 5.74) is 4.95. The maximum absolute atomic E-state index is 10.4. The molecule has 0 fully saturated rings. The van der Waals surface area contributed by atoms with Gasteiger partial charge in [0.2, 0.25) is 0 Å². The van der Waals surface area contributed by atoms with Crippen LogP contribution in [0.3, 0.4) is 0 Å². The summed E-state index contributed by atoms with van der Waals surface area (Å²) in [5, 5.41) is 10.4. The number of benzene rings is 2. The molecule has 4 aromatic rings. The zero-order valence-electron chi connectivity index (χ0n) is 14.7. The lowest BCUT2D eigenvalue weighted by Crippen LogP contribution is -1.99. The molecule has 5 heteroatoms. The third-order valence-electron chi connectivity index (χ3n) is 4.48. The number of imidazole rings is 1. The van der Waals surface area contributed by atoms with Gasteiger partial charge in [-0.25, -0.2) is 9.97 Å². The normalized spacial score (nSPS) is 11.2. The fourth-order valence-corrected chi connectivity index (χ4v) is 3.14. The topological polar surface area (TPSA) is 60.2 Å². The Kier molecular flexibility index (Phi) is 4.14. The number of hydrogen-bond donors (Lipinski definition) is 1. The van der Waals surface area contributed by atoms with Crippen molar-refractivity contribution in [1.82, 2.24) is 14.5 Å². The maximum atomic E-state index is 10.4. The monoisotopic (exact) mass is 345 g/mol. The number of aryl methyl sites for hydroxylation is 1. The summed E-state index contributed by atoms with van der Waals surface area (Å²) in [5.74, 6) is 1.04. The van der Waals surface area contributed by atoms with E-state index in [2.05, 4.69) is 4.98 Å². The van der Waals surface area contributed by atoms with Crippen LogP contribution in [0.4, 0.5) is 0 Å². The van der Waals surface area contributed by atoms with Gasteiger partial charge in [-0.15, -0.1) is 0 Å². The Balaban J connectivity index is 2.04. The van der Waals surface area contributed by atoms with Gasteiger partial charge in [0.15, 0.2) is 5.65 Å². The number of pyridine rings is 1. The van der Waals surface area contributed by atoms with Crippen molar-refractivity contribution >= 4 is 11.2 Å². The maximum Gasteiger partial charge on any atom is 0.178 e. The van der Waals surface area contributed by atoms with E-state index in [0.717, 1.165) is 33.7 Å². The van der Waals surface area contributed by atoms with Crippen molar-refractivity contribution < 1.29 is 9.84 Å². The molecule has 2 aromatic heterocycles. The van der Waals surface area contributed by atoms with E-state index in [1.54, 1.807) is 13.2 Å². The minimum Gasteiger partial charge on any atom is -0.507 e. The number of rotatable bonds is 4. The summed E-state index contributed by atoms with van der Waals surface area (Å²) in [6.45, 7) is 0.416. The molecule has 5 nitrogen and oxygen atoms in total. The summed E-state index contributed by atoms with van der Waals surface area (Å²) in [6, 6.07) is 19.3. The van der Waals surface area contributed by atoms with Gasteiger partial charge in [0.1, 0.15) is 18.2 Å². The highest BCUT2D eigenvalue weighted by Gasteiger charge is 2.17. The van der Waals surface area contributed by atoms with Gasteiger partial charge in [0.05, 0.1) is 11.2 Å². The van der Waals surface area contributed by atoms with E-state index in [1.165, 1.54) is 0 Å². The van der Waals surface area contributed by atoms with Crippen molar-refractivity contribution in [1.29, 1.82) is 0 Å². The van der Waals surface area contributed by atoms with Crippen LogP contribution in [0, 0.1) is 0 Å². The van der Waals surface area contributed by atoms with E-state index in [1.807, 2.05) is 66.2 Å². The van der Waals surface area contributed by atoms with Crippen molar-refractivity contribution in [3.8, 4) is 28.1 Å². The molecule has 0 saturated carbocycles. The summed E-state index contributed by atoms with van der Waals surface area (Å²) >= 11 is 0. The molecule has 1 N–H and O–H groups in total. The lowest BCUT2D eigenvalue weighted by Gasteiger charge is -2.11. The first-order valence-electron chi connectivity index (χ1n) is 8.38. The number of ether oxygens (including phenoxy) is 1. The molecular formula is C21H19N3O2. The first-order valence-corrected chi connectivity index (χ1v) is 8.38. The average molecular weight is 345 g/mol. The van der Waals surface area contributed by atoms with Crippen LogP contribution in [0.25, 0.3) is 33.5 Å². The number of aromatic hydroxyl groups is 1. The Morgan fingerprint density at radius 2 is 1.69 bits per heavy atom. The number of fused-ring (bicyclic) bond motifs is 1. The lowest BCUT2D eigenvalue weighted by atomic mass is 9.98. The third-order valence-corrected chi connectivity index (χ3v) is 4.48. The molecule has 0 amide bonds. The average Bonchev–Trinajstić information content (AvgIpc) is 2.97. The van der Waals surface area contributed by atoms with Gasteiger partial charge in [-0.1, -0.05) is 48.5 Å². The molecule has 130 valence electrons. The van der Waals surface area contributed by atoms with Crippen LogP contribution in [0.1, 0.15) is 5.82 Å². The van der Waals surface area contributed by atoms with Crippen molar-refractivity contribution in [2.24, 2.45) is 7.05 Å². The van der Waals surface area contributed by atoms with Crippen LogP contribution in [-0.2, 0) is 18.4 Å². The second-order valence-corrected chi connectivity index (χ2v) is 6.13. The summed E-state index contributed by atoms with van der Waals surface area (Å²) < 4.78 is 7.21. The highest BCUT2D eigenvalue weighted by Crippen LogP contribution is 2.37. The van der Waals surface area contributed by atoms with E-state index in [4.69, 9.17) is 9.72 Å². The molecule has 0 aliphatic carbocycles. The number of phenolic OH excluding ortho intramolecular Hbond substituents is 1. The standard InChI is InChI=1S/C21H19N3O2/c1-24-17-12-16(15-10-6-7-11-18(15)25)20(14-8-4-3-5-9-14)23-21(17)22-19(24)13-26-2/h3-12,25H,13H2,1-2H3. The minimum absolute atomic E-state index is 0.227. The zero-order valence-corrected chi connectivity index (χ0v) is 14.7. The van der Waals surface area contributed by atoms with Crippen LogP contribution in [0.5, 0.6) is 5.75 Å². The van der Waals surface area contributed by atoms with Crippen molar-refractivity contribution in [3.05, 3.63) is 66.5 Å². The molecule has 2 heterocycles. The molecule has 0 unspecified atom stereocenters. The lowest BCUT2D eigenvalue weighted by molar-refractivity contribution is 0.176. The number of aromatic nitrogens is 3. The Hall–Kier alpha value is -3.18. The Bertz CT molecular complexity index is 1070. The summed E-state index contributed by atoms with van der Waals surface area (Å²) in [6.07, 6.45) is 0. The van der Waals surface area contributed by atoms with Crippen LogP contribution in [0.15, 0.2) is 60.7 Å². The van der Waals surface area contributed by atoms with Crippen molar-refractivity contribution in [2.45, 2.75) is 6.61 Å². The second kappa shape index (κ2) is 6.61. The van der Waals surface area contributed by atoms with Gasteiger partial charge in [0, 0.05) is 30.8 Å². The van der Waals surface area contributed by atoms with Crippen LogP contribution in [0.2, 0.25) is 0 Å². The summed E-state index contributed by atoms with van der Waals surface area (Å²) in [4.78, 5) is 9.44. The van der Waals surface area contributed by atoms with E-state index in [9.17, 15) is 5.11 Å². The van der Waals surface area contributed by atoms with Crippen LogP contribution in [-0.4, -0.2) is 26.8 Å². The quantitative estimate of drug-likeness (QED) is 0.603. The molecule has 2 aromatic carbocycles. The Morgan fingerprint density at radius 3 is 2.42 bits per heavy atom.